The lowest BCUT2D eigenvalue weighted by Crippen LogP contribution is -1.93. The molecule has 8 aromatic carbocycles. The lowest BCUT2D eigenvalue weighted by Gasteiger charge is -2.20. The number of hydrogen-bond acceptors (Lipinski definition) is 1. The largest absolute Gasteiger partial charge is 0.455 e. The molecule has 1 nitrogen and oxygen atoms in total. The van der Waals surface area contributed by atoms with Crippen LogP contribution in [-0.2, 0) is 0 Å². The number of furan rings is 1. The Morgan fingerprint density at radius 2 is 0.956 bits per heavy atom. The van der Waals surface area contributed by atoms with Crippen LogP contribution in [-0.4, -0.2) is 0 Å². The van der Waals surface area contributed by atoms with Crippen molar-refractivity contribution in [2.45, 2.75) is 0 Å². The molecule has 0 bridgehead atoms. The standard InChI is InChI=1S/C44H28O/c1-3-14-29(15-4-1)31-18-13-19-32(28-31)41-34-21-7-9-23-36(34)43(37-24-10-8-22-35(37)41)39-27-26-38-33-20-11-12-25-40(33)45-44(38)42(39)30-16-5-2-6-17-30/h1-28H/i1D,2D,3D,4D,5D,6D,11D,12D,14D,15D,16D,17D,20D,25D,26D,27D. The molecule has 9 rings (SSSR count). The van der Waals surface area contributed by atoms with Gasteiger partial charge in [0.15, 0.2) is 0 Å². The second-order valence-corrected chi connectivity index (χ2v) is 10.4. The third-order valence-corrected chi connectivity index (χ3v) is 8.00. The molecule has 1 heterocycles. The molecule has 0 saturated heterocycles. The smallest absolute Gasteiger partial charge is 0.143 e. The predicted octanol–water partition coefficient (Wildman–Crippen LogP) is 12.6. The maximum Gasteiger partial charge on any atom is 0.143 e. The molecule has 0 aliphatic rings. The second kappa shape index (κ2) is 10.4. The molecule has 0 atom stereocenters. The highest BCUT2D eigenvalue weighted by Gasteiger charge is 2.22. The molecular weight excluding hydrogens is 544 g/mol. The third kappa shape index (κ3) is 4.09. The summed E-state index contributed by atoms with van der Waals surface area (Å²) in [5.41, 5.74) is 0.817. The molecule has 9 aromatic rings. The molecule has 45 heavy (non-hydrogen) atoms. The maximum atomic E-state index is 9.76. The SMILES string of the molecule is [2H]c1c([2H])c([2H])c(-c2cccc(-c3c4ccccc4c(-c4c([2H])c([2H])c5c(oc6c([2H])c([2H])c([2H])c([2H])c65)c4-c4c([2H])c([2H])c([2H])c([2H])c4[2H])c4ccccc34)c2)c([2H])c1[2H]. The van der Waals surface area contributed by atoms with Crippen LogP contribution in [0.3, 0.4) is 0 Å². The van der Waals surface area contributed by atoms with E-state index < -0.39 is 84.6 Å². The zero-order chi connectivity index (χ0) is 43.7. The molecule has 0 radical (unpaired) electrons. The molecule has 210 valence electrons. The van der Waals surface area contributed by atoms with E-state index in [1.54, 1.807) is 54.6 Å². The van der Waals surface area contributed by atoms with Crippen molar-refractivity contribution in [1.82, 2.24) is 0 Å². The number of hydrogen-bond donors (Lipinski definition) is 0. The van der Waals surface area contributed by atoms with Crippen molar-refractivity contribution in [1.29, 1.82) is 0 Å². The van der Waals surface area contributed by atoms with Crippen LogP contribution in [0, 0.1) is 0 Å². The van der Waals surface area contributed by atoms with E-state index in [2.05, 4.69) is 0 Å². The van der Waals surface area contributed by atoms with Crippen LogP contribution in [0.4, 0.5) is 0 Å². The van der Waals surface area contributed by atoms with Gasteiger partial charge in [-0.15, -0.1) is 0 Å². The fraction of sp³-hybridized carbons (Fsp3) is 0. The van der Waals surface area contributed by atoms with E-state index in [4.69, 9.17) is 23.6 Å². The predicted molar refractivity (Wildman–Crippen MR) is 190 cm³/mol. The summed E-state index contributed by atoms with van der Waals surface area (Å²) in [5, 5.41) is 1.85. The first kappa shape index (κ1) is 14.2. The summed E-state index contributed by atoms with van der Waals surface area (Å²) < 4.78 is 146. The Morgan fingerprint density at radius 1 is 0.378 bits per heavy atom. The lowest BCUT2D eigenvalue weighted by atomic mass is 9.83. The van der Waals surface area contributed by atoms with Crippen LogP contribution < -0.4 is 0 Å². The van der Waals surface area contributed by atoms with Gasteiger partial charge in [0.1, 0.15) is 11.2 Å². The minimum atomic E-state index is -0.680. The number of benzene rings is 8. The highest BCUT2D eigenvalue weighted by molar-refractivity contribution is 6.24. The van der Waals surface area contributed by atoms with Gasteiger partial charge in [-0.25, -0.2) is 0 Å². The monoisotopic (exact) mass is 588 g/mol. The maximum absolute atomic E-state index is 9.76. The average Bonchev–Trinajstić information content (AvgIpc) is 3.67. The molecule has 0 fully saturated rings. The van der Waals surface area contributed by atoms with E-state index in [-0.39, 0.29) is 56.3 Å². The topological polar surface area (TPSA) is 13.1 Å². The van der Waals surface area contributed by atoms with Gasteiger partial charge in [0.2, 0.25) is 0 Å². The van der Waals surface area contributed by atoms with Crippen molar-refractivity contribution >= 4 is 43.5 Å². The van der Waals surface area contributed by atoms with E-state index >= 15 is 0 Å². The van der Waals surface area contributed by atoms with Crippen molar-refractivity contribution in [2.24, 2.45) is 0 Å². The van der Waals surface area contributed by atoms with Gasteiger partial charge >= 0.3 is 0 Å². The Bertz CT molecular complexity index is 3330. The normalized spacial score (nSPS) is 16.5. The summed E-state index contributed by atoms with van der Waals surface area (Å²) >= 11 is 0. The van der Waals surface area contributed by atoms with Gasteiger partial charge in [-0.1, -0.05) is 151 Å². The second-order valence-electron chi connectivity index (χ2n) is 10.4. The van der Waals surface area contributed by atoms with Gasteiger partial charge in [-0.3, -0.25) is 0 Å². The van der Waals surface area contributed by atoms with Crippen LogP contribution in [0.2, 0.25) is 0 Å². The van der Waals surface area contributed by atoms with E-state index in [0.29, 0.717) is 43.8 Å². The summed E-state index contributed by atoms with van der Waals surface area (Å²) in [6.45, 7) is 0. The van der Waals surface area contributed by atoms with Crippen LogP contribution >= 0.6 is 0 Å². The summed E-state index contributed by atoms with van der Waals surface area (Å²) in [4.78, 5) is 0. The third-order valence-electron chi connectivity index (χ3n) is 8.00. The Morgan fingerprint density at radius 3 is 1.64 bits per heavy atom. The number of fused-ring (bicyclic) bond motifs is 5. The zero-order valence-corrected chi connectivity index (χ0v) is 23.3. The van der Waals surface area contributed by atoms with Gasteiger partial charge in [-0.05, 0) is 78.6 Å². The number of rotatable bonds is 4. The van der Waals surface area contributed by atoms with Crippen molar-refractivity contribution in [2.75, 3.05) is 0 Å². The van der Waals surface area contributed by atoms with Gasteiger partial charge in [0.25, 0.3) is 0 Å². The zero-order valence-electron chi connectivity index (χ0n) is 39.3. The Hall–Kier alpha value is -5.92. The van der Waals surface area contributed by atoms with E-state index in [9.17, 15) is 2.74 Å². The first-order valence-corrected chi connectivity index (χ1v) is 14.1. The molecule has 1 aromatic heterocycles. The van der Waals surface area contributed by atoms with Crippen LogP contribution in [0.1, 0.15) is 21.9 Å². The molecule has 0 aliphatic heterocycles. The first-order chi connectivity index (χ1) is 29.0. The van der Waals surface area contributed by atoms with Crippen molar-refractivity contribution in [3.8, 4) is 44.5 Å². The van der Waals surface area contributed by atoms with Crippen molar-refractivity contribution in [3.05, 3.63) is 169 Å². The molecule has 0 saturated carbocycles. The Balaban J connectivity index is 1.48. The Kier molecular flexibility index (Phi) is 3.28. The first-order valence-electron chi connectivity index (χ1n) is 22.1. The van der Waals surface area contributed by atoms with Gasteiger partial charge in [0, 0.05) is 16.3 Å². The number of para-hydroxylation sites is 1. The summed E-state index contributed by atoms with van der Waals surface area (Å²) in [6.07, 6.45) is 0. The highest BCUT2D eigenvalue weighted by Crippen LogP contribution is 2.49. The molecule has 0 aliphatic carbocycles. The molecule has 0 spiro atoms. The summed E-state index contributed by atoms with van der Waals surface area (Å²) in [7, 11) is 0. The fourth-order valence-corrected chi connectivity index (χ4v) is 6.15. The molecule has 0 unspecified atom stereocenters. The minimum Gasteiger partial charge on any atom is -0.455 e. The van der Waals surface area contributed by atoms with Gasteiger partial charge < -0.3 is 4.42 Å². The van der Waals surface area contributed by atoms with Crippen LogP contribution in [0.25, 0.3) is 88.0 Å². The van der Waals surface area contributed by atoms with Gasteiger partial charge in [0.05, 0.1) is 21.9 Å². The van der Waals surface area contributed by atoms with Gasteiger partial charge in [-0.2, -0.15) is 0 Å². The summed E-state index contributed by atoms with van der Waals surface area (Å²) in [5.74, 6) is 0. The average molecular weight is 589 g/mol. The summed E-state index contributed by atoms with van der Waals surface area (Å²) in [6, 6.07) is 12.5. The molecule has 0 N–H and O–H groups in total. The fourth-order valence-electron chi connectivity index (χ4n) is 6.15. The van der Waals surface area contributed by atoms with Crippen LogP contribution in [0.15, 0.2) is 174 Å². The molecular formula is C44H28O. The lowest BCUT2D eigenvalue weighted by molar-refractivity contribution is 0.670. The van der Waals surface area contributed by atoms with E-state index in [0.717, 1.165) is 0 Å². The van der Waals surface area contributed by atoms with Crippen molar-refractivity contribution < 1.29 is 26.3 Å². The van der Waals surface area contributed by atoms with E-state index in [1.807, 2.05) is 18.2 Å². The molecule has 1 heteroatoms. The van der Waals surface area contributed by atoms with Crippen molar-refractivity contribution in [3.63, 3.8) is 0 Å². The quantitative estimate of drug-likeness (QED) is 0.186. The van der Waals surface area contributed by atoms with Crippen LogP contribution in [0.5, 0.6) is 0 Å². The highest BCUT2D eigenvalue weighted by atomic mass is 16.3. The molecule has 0 amide bonds. The minimum absolute atomic E-state index is 0.0176. The van der Waals surface area contributed by atoms with E-state index in [1.165, 1.54) is 0 Å². The Labute approximate surface area is 284 Å².